The van der Waals surface area contributed by atoms with Crippen molar-refractivity contribution >= 4 is 11.0 Å². The Kier molecular flexibility index (Phi) is 4.49. The van der Waals surface area contributed by atoms with Crippen LogP contribution in [0, 0.1) is 0 Å². The number of ether oxygens (including phenoxy) is 2. The Morgan fingerprint density at radius 2 is 1.46 bits per heavy atom. The first kappa shape index (κ1) is 17.7. The lowest BCUT2D eigenvalue weighted by atomic mass is 9.99. The van der Waals surface area contributed by atoms with Crippen LogP contribution in [0.3, 0.4) is 0 Å². The summed E-state index contributed by atoms with van der Waals surface area (Å²) in [6.45, 7) is 2.51. The lowest BCUT2D eigenvalue weighted by Crippen LogP contribution is -2.21. The average Bonchev–Trinajstić information content (AvgIpc) is 3.08. The van der Waals surface area contributed by atoms with Crippen LogP contribution >= 0.6 is 0 Å². The van der Waals surface area contributed by atoms with E-state index in [2.05, 4.69) is 15.0 Å². The molecular weight excluding hydrogens is 358 g/mol. The van der Waals surface area contributed by atoms with E-state index < -0.39 is 11.2 Å². The van der Waals surface area contributed by atoms with Crippen molar-refractivity contribution in [3.05, 3.63) is 69.4 Å². The lowest BCUT2D eigenvalue weighted by molar-refractivity contribution is 0.340. The summed E-state index contributed by atoms with van der Waals surface area (Å²) in [5.74, 6) is 1.48. The van der Waals surface area contributed by atoms with Gasteiger partial charge in [0.2, 0.25) is 0 Å². The maximum Gasteiger partial charge on any atom is 0.327 e. The van der Waals surface area contributed by atoms with Crippen LogP contribution in [0.1, 0.15) is 6.92 Å². The van der Waals surface area contributed by atoms with Gasteiger partial charge in [0, 0.05) is 5.56 Å². The maximum absolute atomic E-state index is 12.6. The van der Waals surface area contributed by atoms with Gasteiger partial charge < -0.3 is 14.5 Å². The predicted molar refractivity (Wildman–Crippen MR) is 108 cm³/mol. The Morgan fingerprint density at radius 3 is 2.11 bits per heavy atom. The number of aromatic nitrogens is 3. The van der Waals surface area contributed by atoms with E-state index in [1.54, 1.807) is 7.11 Å². The molecule has 0 bridgehead atoms. The number of benzene rings is 2. The Balaban J connectivity index is 1.98. The highest BCUT2D eigenvalue weighted by atomic mass is 16.5. The van der Waals surface area contributed by atoms with Crippen molar-refractivity contribution in [3.63, 3.8) is 0 Å². The topological polar surface area (TPSA) is 100.0 Å². The molecule has 0 aliphatic carbocycles. The van der Waals surface area contributed by atoms with Crippen LogP contribution in [-0.2, 0) is 0 Å². The molecule has 0 unspecified atom stereocenters. The van der Waals surface area contributed by atoms with Gasteiger partial charge in [0.15, 0.2) is 0 Å². The Morgan fingerprint density at radius 1 is 0.821 bits per heavy atom. The monoisotopic (exact) mass is 377 g/mol. The summed E-state index contributed by atoms with van der Waals surface area (Å²) in [6, 6.07) is 15.0. The third kappa shape index (κ3) is 3.07. The summed E-state index contributed by atoms with van der Waals surface area (Å²) in [6.07, 6.45) is 0. The molecule has 4 rings (SSSR count). The SMILES string of the molecule is CCOc1ccc(-c2[nH]c3[nH]c(=O)[nH]c(=O)c3c2-c2ccc(OC)cc2)cc1. The summed E-state index contributed by atoms with van der Waals surface area (Å²) < 4.78 is 10.7. The molecule has 4 aromatic rings. The van der Waals surface area contributed by atoms with Gasteiger partial charge in [0.05, 0.1) is 24.8 Å². The van der Waals surface area contributed by atoms with E-state index in [9.17, 15) is 9.59 Å². The highest BCUT2D eigenvalue weighted by Crippen LogP contribution is 2.37. The summed E-state index contributed by atoms with van der Waals surface area (Å²) in [4.78, 5) is 32.5. The number of hydrogen-bond donors (Lipinski definition) is 3. The highest BCUT2D eigenvalue weighted by molar-refractivity contribution is 6.01. The van der Waals surface area contributed by atoms with Crippen molar-refractivity contribution in [2.45, 2.75) is 6.92 Å². The van der Waals surface area contributed by atoms with E-state index in [1.807, 2.05) is 55.5 Å². The minimum Gasteiger partial charge on any atom is -0.497 e. The van der Waals surface area contributed by atoms with E-state index in [0.717, 1.165) is 22.6 Å². The number of hydrogen-bond acceptors (Lipinski definition) is 4. The fourth-order valence-corrected chi connectivity index (χ4v) is 3.28. The van der Waals surface area contributed by atoms with Gasteiger partial charge in [-0.3, -0.25) is 14.8 Å². The van der Waals surface area contributed by atoms with E-state index in [-0.39, 0.29) is 0 Å². The smallest absolute Gasteiger partial charge is 0.327 e. The van der Waals surface area contributed by atoms with Crippen LogP contribution < -0.4 is 20.7 Å². The third-order valence-electron chi connectivity index (χ3n) is 4.53. The summed E-state index contributed by atoms with van der Waals surface area (Å²) in [5.41, 5.74) is 2.51. The van der Waals surface area contributed by atoms with Gasteiger partial charge in [-0.25, -0.2) is 4.79 Å². The molecule has 28 heavy (non-hydrogen) atoms. The molecule has 0 amide bonds. The van der Waals surface area contributed by atoms with E-state index >= 15 is 0 Å². The van der Waals surface area contributed by atoms with Gasteiger partial charge in [-0.2, -0.15) is 0 Å². The maximum atomic E-state index is 12.6. The molecule has 0 saturated carbocycles. The zero-order chi connectivity index (χ0) is 19.7. The fourth-order valence-electron chi connectivity index (χ4n) is 3.28. The molecule has 3 N–H and O–H groups in total. The molecule has 2 heterocycles. The largest absolute Gasteiger partial charge is 0.497 e. The molecule has 0 saturated heterocycles. The first-order chi connectivity index (χ1) is 13.6. The molecule has 0 aliphatic rings. The number of aromatic amines is 3. The first-order valence-electron chi connectivity index (χ1n) is 8.86. The number of fused-ring (bicyclic) bond motifs is 1. The second-order valence-corrected chi connectivity index (χ2v) is 6.22. The molecule has 142 valence electrons. The van der Waals surface area contributed by atoms with Gasteiger partial charge in [-0.1, -0.05) is 12.1 Å². The standard InChI is InChI=1S/C21H19N3O4/c1-3-28-15-10-6-13(7-11-15)18-16(12-4-8-14(27-2)9-5-12)17-19(22-18)23-21(26)24-20(17)25/h4-11H,3H2,1-2H3,(H3,22,23,24,25,26). The molecule has 0 fully saturated rings. The second-order valence-electron chi connectivity index (χ2n) is 6.22. The summed E-state index contributed by atoms with van der Waals surface area (Å²) in [7, 11) is 1.60. The Labute approximate surface area is 160 Å². The minimum atomic E-state index is -0.557. The summed E-state index contributed by atoms with van der Waals surface area (Å²) >= 11 is 0. The van der Waals surface area contributed by atoms with Crippen molar-refractivity contribution in [2.24, 2.45) is 0 Å². The molecule has 0 spiro atoms. The molecule has 2 aromatic carbocycles. The van der Waals surface area contributed by atoms with Crippen LogP contribution in [-0.4, -0.2) is 28.7 Å². The van der Waals surface area contributed by atoms with Crippen molar-refractivity contribution in [3.8, 4) is 33.9 Å². The van der Waals surface area contributed by atoms with E-state index in [4.69, 9.17) is 9.47 Å². The van der Waals surface area contributed by atoms with Crippen LogP contribution in [0.4, 0.5) is 0 Å². The summed E-state index contributed by atoms with van der Waals surface area (Å²) in [5, 5.41) is 0.397. The molecule has 0 aliphatic heterocycles. The molecule has 0 atom stereocenters. The van der Waals surface area contributed by atoms with Gasteiger partial charge in [0.1, 0.15) is 17.1 Å². The van der Waals surface area contributed by atoms with Crippen LogP contribution in [0.25, 0.3) is 33.4 Å². The van der Waals surface area contributed by atoms with E-state index in [0.29, 0.717) is 29.0 Å². The van der Waals surface area contributed by atoms with Crippen LogP contribution in [0.2, 0.25) is 0 Å². The number of H-pyrrole nitrogens is 3. The predicted octanol–water partition coefficient (Wildman–Crippen LogP) is 3.29. The molecule has 2 aromatic heterocycles. The number of nitrogens with one attached hydrogen (secondary N) is 3. The average molecular weight is 377 g/mol. The second kappa shape index (κ2) is 7.11. The van der Waals surface area contributed by atoms with E-state index in [1.165, 1.54) is 0 Å². The zero-order valence-corrected chi connectivity index (χ0v) is 15.5. The fraction of sp³-hybridized carbons (Fsp3) is 0.143. The van der Waals surface area contributed by atoms with Crippen molar-refractivity contribution < 1.29 is 9.47 Å². The van der Waals surface area contributed by atoms with Crippen LogP contribution in [0.15, 0.2) is 58.1 Å². The molecule has 7 heteroatoms. The first-order valence-corrected chi connectivity index (χ1v) is 8.86. The highest BCUT2D eigenvalue weighted by Gasteiger charge is 2.19. The normalized spacial score (nSPS) is 10.9. The minimum absolute atomic E-state index is 0.378. The Bertz CT molecular complexity index is 1230. The number of methoxy groups -OCH3 is 1. The van der Waals surface area contributed by atoms with Crippen LogP contribution in [0.5, 0.6) is 11.5 Å². The molecule has 0 radical (unpaired) electrons. The quantitative estimate of drug-likeness (QED) is 0.497. The Hall–Kier alpha value is -3.74. The van der Waals surface area contributed by atoms with Gasteiger partial charge in [0.25, 0.3) is 5.56 Å². The lowest BCUT2D eigenvalue weighted by Gasteiger charge is -2.08. The van der Waals surface area contributed by atoms with Crippen molar-refractivity contribution in [2.75, 3.05) is 13.7 Å². The van der Waals surface area contributed by atoms with Crippen molar-refractivity contribution in [1.29, 1.82) is 0 Å². The zero-order valence-electron chi connectivity index (χ0n) is 15.5. The van der Waals surface area contributed by atoms with Gasteiger partial charge >= 0.3 is 5.69 Å². The molecule has 7 nitrogen and oxygen atoms in total. The van der Waals surface area contributed by atoms with Crippen molar-refractivity contribution in [1.82, 2.24) is 15.0 Å². The number of rotatable bonds is 5. The third-order valence-corrected chi connectivity index (χ3v) is 4.53. The van der Waals surface area contributed by atoms with Gasteiger partial charge in [-0.05, 0) is 54.4 Å². The van der Waals surface area contributed by atoms with Gasteiger partial charge in [-0.15, -0.1) is 0 Å². The molecular formula is C21H19N3O4.